The van der Waals surface area contributed by atoms with Gasteiger partial charge in [0.25, 0.3) is 0 Å². The van der Waals surface area contributed by atoms with Gasteiger partial charge >= 0.3 is 45.5 Å². The Morgan fingerprint density at radius 3 is 1.14 bits per heavy atom. The van der Waals surface area contributed by atoms with Gasteiger partial charge in [-0.05, 0) is 0 Å². The quantitative estimate of drug-likeness (QED) is 0.567. The van der Waals surface area contributed by atoms with E-state index in [0.29, 0.717) is 0 Å². The Hall–Kier alpha value is 0.821. The van der Waals surface area contributed by atoms with Gasteiger partial charge in [-0.2, -0.15) is 0 Å². The summed E-state index contributed by atoms with van der Waals surface area (Å²) in [4.78, 5) is 23.0. The molecule has 0 saturated carbocycles. The summed E-state index contributed by atoms with van der Waals surface area (Å²) in [5, 5.41) is 0. The molecule has 0 atom stereocenters. The number of ketones is 2. The van der Waals surface area contributed by atoms with Crippen LogP contribution >= 0.6 is 0 Å². The van der Waals surface area contributed by atoms with E-state index in [1.54, 1.807) is 0 Å². The zero-order chi connectivity index (χ0) is 10.9. The fourth-order valence-electron chi connectivity index (χ4n) is 0.676. The number of hydrogen-bond acceptors (Lipinski definition) is 2. The number of carbonyl (C=O) groups is 2. The molecule has 0 unspecified atom stereocenters. The molecule has 0 aliphatic rings. The first-order chi connectivity index (χ1) is 5.55. The second-order valence-corrected chi connectivity index (χ2v) is 5.52. The molecule has 0 aromatic carbocycles. The summed E-state index contributed by atoms with van der Waals surface area (Å²) in [7, 11) is 0. The first kappa shape index (κ1) is 17.2. The number of Topliss-reactive ketones (excluding diaryl/α,β-unsaturated/α-hetero) is 2. The SMILES string of the molecule is CC(C)(C)C(=O)CC(=O)C(C)(C)C.[SrH2]. The van der Waals surface area contributed by atoms with Crippen molar-refractivity contribution in [1.29, 1.82) is 0 Å². The van der Waals surface area contributed by atoms with Gasteiger partial charge in [0, 0.05) is 10.8 Å². The second-order valence-electron chi connectivity index (χ2n) is 5.52. The normalized spacial score (nSPS) is 11.9. The molecule has 0 saturated heterocycles. The molecule has 0 rings (SSSR count). The molecule has 0 aromatic heterocycles. The predicted octanol–water partition coefficient (Wildman–Crippen LogP) is 1.69. The molecule has 0 spiro atoms. The van der Waals surface area contributed by atoms with E-state index in [4.69, 9.17) is 0 Å². The van der Waals surface area contributed by atoms with E-state index >= 15 is 0 Å². The van der Waals surface area contributed by atoms with Crippen molar-refractivity contribution in [2.45, 2.75) is 48.0 Å². The zero-order valence-corrected chi connectivity index (χ0v) is 9.52. The molecule has 0 aliphatic carbocycles. The molecule has 0 bridgehead atoms. The Bertz CT molecular complexity index is 194. The van der Waals surface area contributed by atoms with Crippen LogP contribution in [0.4, 0.5) is 0 Å². The van der Waals surface area contributed by atoms with Crippen molar-refractivity contribution in [2.75, 3.05) is 0 Å². The van der Waals surface area contributed by atoms with Gasteiger partial charge < -0.3 is 0 Å². The summed E-state index contributed by atoms with van der Waals surface area (Å²) >= 11 is 0. The molecule has 80 valence electrons. The maximum atomic E-state index is 11.5. The third kappa shape index (κ3) is 6.33. The van der Waals surface area contributed by atoms with Crippen LogP contribution in [0.25, 0.3) is 0 Å². The maximum absolute atomic E-state index is 11.5. The third-order valence-electron chi connectivity index (χ3n) is 1.99. The summed E-state index contributed by atoms with van der Waals surface area (Å²) in [6.07, 6.45) is 0.0625. The minimum atomic E-state index is -0.402. The van der Waals surface area contributed by atoms with E-state index in [9.17, 15) is 9.59 Å². The van der Waals surface area contributed by atoms with Crippen LogP contribution in [0.1, 0.15) is 48.0 Å². The van der Waals surface area contributed by atoms with Crippen LogP contribution in [0, 0.1) is 10.8 Å². The second kappa shape index (κ2) is 5.78. The van der Waals surface area contributed by atoms with Gasteiger partial charge in [-0.15, -0.1) is 0 Å². The summed E-state index contributed by atoms with van der Waals surface area (Å²) in [5.74, 6) is 0.0415. The zero-order valence-electron chi connectivity index (χ0n) is 9.52. The van der Waals surface area contributed by atoms with E-state index in [2.05, 4.69) is 0 Å². The predicted molar refractivity (Wildman–Crippen MR) is 62.1 cm³/mol. The summed E-state index contributed by atoms with van der Waals surface area (Å²) in [6, 6.07) is 0. The van der Waals surface area contributed by atoms with Crippen molar-refractivity contribution in [1.82, 2.24) is 0 Å². The molecule has 0 radical (unpaired) electrons. The van der Waals surface area contributed by atoms with Gasteiger partial charge in [0.05, 0.1) is 6.42 Å². The van der Waals surface area contributed by atoms with Gasteiger partial charge in [-0.1, -0.05) is 41.5 Å². The molecule has 0 fully saturated rings. The molecule has 14 heavy (non-hydrogen) atoms. The standard InChI is InChI=1S/C11H20O2.Sr.2H/c1-10(2,3)8(12)7-9(13)11(4,5)6;;;/h7H2,1-6H3;;;. The Labute approximate surface area is 124 Å². The molecular weight excluding hydrogens is 252 g/mol. The van der Waals surface area contributed by atoms with E-state index in [1.807, 2.05) is 41.5 Å². The monoisotopic (exact) mass is 274 g/mol. The topological polar surface area (TPSA) is 34.1 Å². The van der Waals surface area contributed by atoms with Gasteiger partial charge in [-0.3, -0.25) is 9.59 Å². The Balaban J connectivity index is 0. The molecule has 0 aromatic rings. The van der Waals surface area contributed by atoms with Crippen LogP contribution in [-0.2, 0) is 9.59 Å². The molecule has 2 nitrogen and oxygen atoms in total. The van der Waals surface area contributed by atoms with Crippen LogP contribution in [0.3, 0.4) is 0 Å². The van der Waals surface area contributed by atoms with Crippen LogP contribution in [0.15, 0.2) is 0 Å². The van der Waals surface area contributed by atoms with Crippen molar-refractivity contribution in [2.24, 2.45) is 10.8 Å². The first-order valence-electron chi connectivity index (χ1n) is 4.62. The molecule has 0 heterocycles. The minimum absolute atomic E-state index is 0. The first-order valence-corrected chi connectivity index (χ1v) is 4.62. The number of rotatable bonds is 2. The van der Waals surface area contributed by atoms with Gasteiger partial charge in [0.15, 0.2) is 0 Å². The number of carbonyl (C=O) groups excluding carboxylic acids is 2. The summed E-state index contributed by atoms with van der Waals surface area (Å²) in [5.41, 5.74) is -0.804. The van der Waals surface area contributed by atoms with E-state index < -0.39 is 10.8 Å². The van der Waals surface area contributed by atoms with Crippen molar-refractivity contribution in [3.63, 3.8) is 0 Å². The molecule has 3 heteroatoms. The average Bonchev–Trinajstić information content (AvgIpc) is 1.82. The van der Waals surface area contributed by atoms with E-state index in [1.165, 1.54) is 0 Å². The summed E-state index contributed by atoms with van der Waals surface area (Å²) < 4.78 is 0. The van der Waals surface area contributed by atoms with Crippen LogP contribution in [-0.4, -0.2) is 57.0 Å². The molecular formula is C11H22O2Sr. The van der Waals surface area contributed by atoms with E-state index in [-0.39, 0.29) is 63.5 Å². The molecule has 0 N–H and O–H groups in total. The Morgan fingerprint density at radius 2 is 1.00 bits per heavy atom. The van der Waals surface area contributed by atoms with Gasteiger partial charge in [0.1, 0.15) is 11.6 Å². The van der Waals surface area contributed by atoms with E-state index in [0.717, 1.165) is 0 Å². The fraction of sp³-hybridized carbons (Fsp3) is 0.818. The third-order valence-corrected chi connectivity index (χ3v) is 1.99. The van der Waals surface area contributed by atoms with Crippen molar-refractivity contribution >= 4 is 57.0 Å². The average molecular weight is 274 g/mol. The summed E-state index contributed by atoms with van der Waals surface area (Å²) in [6.45, 7) is 11.0. The fourth-order valence-corrected chi connectivity index (χ4v) is 0.676. The van der Waals surface area contributed by atoms with Crippen LogP contribution < -0.4 is 0 Å². The van der Waals surface area contributed by atoms with Crippen molar-refractivity contribution in [3.8, 4) is 0 Å². The molecule has 0 aliphatic heterocycles. The van der Waals surface area contributed by atoms with Crippen LogP contribution in [0.5, 0.6) is 0 Å². The van der Waals surface area contributed by atoms with Gasteiger partial charge in [0.2, 0.25) is 0 Å². The van der Waals surface area contributed by atoms with Crippen molar-refractivity contribution in [3.05, 3.63) is 0 Å². The molecule has 0 amide bonds. The number of hydrogen-bond donors (Lipinski definition) is 0. The van der Waals surface area contributed by atoms with Crippen LogP contribution in [0.2, 0.25) is 0 Å². The van der Waals surface area contributed by atoms with Gasteiger partial charge in [-0.25, -0.2) is 0 Å². The Morgan fingerprint density at radius 1 is 0.786 bits per heavy atom. The van der Waals surface area contributed by atoms with Crippen molar-refractivity contribution < 1.29 is 9.59 Å². The Kier molecular flexibility index (Phi) is 7.11.